The van der Waals surface area contributed by atoms with E-state index in [1.807, 2.05) is 37.6 Å². The number of pyridine rings is 2. The molecule has 4 heteroatoms. The van der Waals surface area contributed by atoms with Gasteiger partial charge in [0.1, 0.15) is 5.82 Å². The van der Waals surface area contributed by atoms with Crippen LogP contribution in [-0.2, 0) is 13.1 Å². The van der Waals surface area contributed by atoms with E-state index in [0.717, 1.165) is 31.1 Å². The molecule has 0 radical (unpaired) electrons. The zero-order chi connectivity index (χ0) is 13.5. The second-order valence-corrected chi connectivity index (χ2v) is 4.43. The molecule has 0 aromatic carbocycles. The maximum absolute atomic E-state index is 4.37. The van der Waals surface area contributed by atoms with Crippen LogP contribution in [0.15, 0.2) is 42.7 Å². The van der Waals surface area contributed by atoms with Crippen LogP contribution in [0, 0.1) is 0 Å². The standard InChI is InChI=1S/C15H20N4/c1-3-19(12-14-6-4-5-9-17-14)11-13-7-8-15(16-2)18-10-13/h4-10H,3,11-12H2,1-2H3,(H,16,18). The highest BCUT2D eigenvalue weighted by molar-refractivity contribution is 5.34. The summed E-state index contributed by atoms with van der Waals surface area (Å²) >= 11 is 0. The number of hydrogen-bond donors (Lipinski definition) is 1. The van der Waals surface area contributed by atoms with Crippen LogP contribution in [0.1, 0.15) is 18.2 Å². The van der Waals surface area contributed by atoms with Gasteiger partial charge >= 0.3 is 0 Å². The van der Waals surface area contributed by atoms with Gasteiger partial charge in [0.25, 0.3) is 0 Å². The largest absolute Gasteiger partial charge is 0.373 e. The van der Waals surface area contributed by atoms with Crippen LogP contribution >= 0.6 is 0 Å². The smallest absolute Gasteiger partial charge is 0.125 e. The molecule has 0 aliphatic rings. The van der Waals surface area contributed by atoms with E-state index in [-0.39, 0.29) is 0 Å². The van der Waals surface area contributed by atoms with Crippen molar-refractivity contribution in [1.29, 1.82) is 0 Å². The minimum Gasteiger partial charge on any atom is -0.373 e. The van der Waals surface area contributed by atoms with Gasteiger partial charge in [-0.25, -0.2) is 4.98 Å². The normalized spacial score (nSPS) is 10.7. The van der Waals surface area contributed by atoms with Crippen molar-refractivity contribution in [2.75, 3.05) is 18.9 Å². The van der Waals surface area contributed by atoms with Crippen molar-refractivity contribution in [1.82, 2.24) is 14.9 Å². The minimum atomic E-state index is 0.866. The Morgan fingerprint density at radius 3 is 2.58 bits per heavy atom. The van der Waals surface area contributed by atoms with Gasteiger partial charge in [-0.3, -0.25) is 9.88 Å². The summed E-state index contributed by atoms with van der Waals surface area (Å²) in [5.74, 6) is 0.900. The molecule has 2 heterocycles. The molecular weight excluding hydrogens is 236 g/mol. The number of hydrogen-bond acceptors (Lipinski definition) is 4. The molecule has 0 fully saturated rings. The number of anilines is 1. The average molecular weight is 256 g/mol. The number of nitrogens with one attached hydrogen (secondary N) is 1. The van der Waals surface area contributed by atoms with Crippen molar-refractivity contribution in [2.24, 2.45) is 0 Å². The lowest BCUT2D eigenvalue weighted by atomic mass is 10.2. The van der Waals surface area contributed by atoms with E-state index in [1.54, 1.807) is 0 Å². The molecule has 19 heavy (non-hydrogen) atoms. The first kappa shape index (κ1) is 13.5. The summed E-state index contributed by atoms with van der Waals surface area (Å²) in [5.41, 5.74) is 2.32. The molecule has 0 saturated heterocycles. The van der Waals surface area contributed by atoms with Crippen molar-refractivity contribution in [3.8, 4) is 0 Å². The van der Waals surface area contributed by atoms with E-state index in [9.17, 15) is 0 Å². The molecule has 0 unspecified atom stereocenters. The Kier molecular flexibility index (Phi) is 4.86. The van der Waals surface area contributed by atoms with E-state index in [0.29, 0.717) is 0 Å². The summed E-state index contributed by atoms with van der Waals surface area (Å²) in [4.78, 5) is 11.1. The van der Waals surface area contributed by atoms with Gasteiger partial charge in [0.15, 0.2) is 0 Å². The summed E-state index contributed by atoms with van der Waals surface area (Å²) in [6, 6.07) is 10.1. The van der Waals surface area contributed by atoms with Crippen LogP contribution < -0.4 is 5.32 Å². The van der Waals surface area contributed by atoms with Crippen molar-refractivity contribution in [3.05, 3.63) is 54.0 Å². The van der Waals surface area contributed by atoms with Gasteiger partial charge < -0.3 is 5.32 Å². The first-order chi connectivity index (χ1) is 9.31. The predicted molar refractivity (Wildman–Crippen MR) is 77.8 cm³/mol. The Balaban J connectivity index is 1.98. The van der Waals surface area contributed by atoms with Crippen LogP contribution in [0.2, 0.25) is 0 Å². The summed E-state index contributed by atoms with van der Waals surface area (Å²) in [6.07, 6.45) is 3.76. The molecule has 0 saturated carbocycles. The molecule has 2 aromatic heterocycles. The topological polar surface area (TPSA) is 41.0 Å². The molecule has 1 N–H and O–H groups in total. The van der Waals surface area contributed by atoms with E-state index < -0.39 is 0 Å². The molecule has 0 aliphatic carbocycles. The number of aromatic nitrogens is 2. The highest BCUT2D eigenvalue weighted by Gasteiger charge is 2.06. The fourth-order valence-electron chi connectivity index (χ4n) is 1.92. The zero-order valence-electron chi connectivity index (χ0n) is 11.5. The molecule has 4 nitrogen and oxygen atoms in total. The number of rotatable bonds is 6. The molecule has 0 aliphatic heterocycles. The molecule has 2 aromatic rings. The summed E-state index contributed by atoms with van der Waals surface area (Å²) in [5, 5.41) is 3.03. The van der Waals surface area contributed by atoms with Gasteiger partial charge in [-0.2, -0.15) is 0 Å². The van der Waals surface area contributed by atoms with Crippen LogP contribution in [0.4, 0.5) is 5.82 Å². The minimum absolute atomic E-state index is 0.866. The molecule has 100 valence electrons. The lowest BCUT2D eigenvalue weighted by Crippen LogP contribution is -2.22. The molecule has 0 spiro atoms. The maximum atomic E-state index is 4.37. The first-order valence-electron chi connectivity index (χ1n) is 6.56. The molecule has 0 bridgehead atoms. The maximum Gasteiger partial charge on any atom is 0.125 e. The third-order valence-corrected chi connectivity index (χ3v) is 3.05. The van der Waals surface area contributed by atoms with Crippen LogP contribution in [0.3, 0.4) is 0 Å². The monoisotopic (exact) mass is 256 g/mol. The Bertz CT molecular complexity index is 481. The first-order valence-corrected chi connectivity index (χ1v) is 6.56. The highest BCUT2D eigenvalue weighted by atomic mass is 15.1. The Hall–Kier alpha value is -1.94. The van der Waals surface area contributed by atoms with Crippen molar-refractivity contribution in [3.63, 3.8) is 0 Å². The average Bonchev–Trinajstić information content (AvgIpc) is 2.48. The highest BCUT2D eigenvalue weighted by Crippen LogP contribution is 2.09. The van der Waals surface area contributed by atoms with Crippen LogP contribution in [-0.4, -0.2) is 28.5 Å². The van der Waals surface area contributed by atoms with Gasteiger partial charge in [-0.05, 0) is 30.3 Å². The zero-order valence-corrected chi connectivity index (χ0v) is 11.5. The van der Waals surface area contributed by atoms with E-state index >= 15 is 0 Å². The lowest BCUT2D eigenvalue weighted by molar-refractivity contribution is 0.268. The van der Waals surface area contributed by atoms with Gasteiger partial charge in [0.2, 0.25) is 0 Å². The molecular formula is C15H20N4. The van der Waals surface area contributed by atoms with E-state index in [1.165, 1.54) is 5.56 Å². The van der Waals surface area contributed by atoms with Gasteiger partial charge in [0.05, 0.1) is 5.69 Å². The predicted octanol–water partition coefficient (Wildman–Crippen LogP) is 2.54. The summed E-state index contributed by atoms with van der Waals surface area (Å²) in [6.45, 7) is 4.91. The van der Waals surface area contributed by atoms with Gasteiger partial charge in [0, 0.05) is 32.5 Å². The Labute approximate surface area is 114 Å². The Morgan fingerprint density at radius 1 is 1.11 bits per heavy atom. The fraction of sp³-hybridized carbons (Fsp3) is 0.333. The molecule has 0 amide bonds. The second kappa shape index (κ2) is 6.85. The second-order valence-electron chi connectivity index (χ2n) is 4.43. The fourth-order valence-corrected chi connectivity index (χ4v) is 1.92. The quantitative estimate of drug-likeness (QED) is 0.862. The summed E-state index contributed by atoms with van der Waals surface area (Å²) in [7, 11) is 1.88. The SMILES string of the molecule is CCN(Cc1ccc(NC)nc1)Cc1ccccn1. The molecule has 2 rings (SSSR count). The molecule has 0 atom stereocenters. The van der Waals surface area contributed by atoms with Crippen LogP contribution in [0.25, 0.3) is 0 Å². The van der Waals surface area contributed by atoms with Crippen molar-refractivity contribution >= 4 is 5.82 Å². The number of nitrogens with zero attached hydrogens (tertiary/aromatic N) is 3. The van der Waals surface area contributed by atoms with Gasteiger partial charge in [-0.15, -0.1) is 0 Å². The lowest BCUT2D eigenvalue weighted by Gasteiger charge is -2.19. The van der Waals surface area contributed by atoms with Crippen molar-refractivity contribution < 1.29 is 0 Å². The van der Waals surface area contributed by atoms with Crippen molar-refractivity contribution in [2.45, 2.75) is 20.0 Å². The van der Waals surface area contributed by atoms with Gasteiger partial charge in [-0.1, -0.05) is 19.1 Å². The van der Waals surface area contributed by atoms with E-state index in [2.05, 4.69) is 39.2 Å². The third kappa shape index (κ3) is 4.03. The van der Waals surface area contributed by atoms with E-state index in [4.69, 9.17) is 0 Å². The Morgan fingerprint density at radius 2 is 2.00 bits per heavy atom. The summed E-state index contributed by atoms with van der Waals surface area (Å²) < 4.78 is 0. The third-order valence-electron chi connectivity index (χ3n) is 3.05. The van der Waals surface area contributed by atoms with Crippen LogP contribution in [0.5, 0.6) is 0 Å².